The van der Waals surface area contributed by atoms with Crippen molar-refractivity contribution in [1.29, 1.82) is 15.8 Å². The van der Waals surface area contributed by atoms with E-state index in [0.29, 0.717) is 10.5 Å². The van der Waals surface area contributed by atoms with E-state index in [9.17, 15) is 20.6 Å². The number of esters is 1. The first-order valence-electron chi connectivity index (χ1n) is 7.84. The molecular formula is C19H21N3O2S. The van der Waals surface area contributed by atoms with Gasteiger partial charge in [-0.05, 0) is 37.5 Å². The highest BCUT2D eigenvalue weighted by Gasteiger charge is 2.41. The number of rotatable bonds is 4. The molecule has 6 heteroatoms. The monoisotopic (exact) mass is 355 g/mol. The van der Waals surface area contributed by atoms with Gasteiger partial charge < -0.3 is 4.74 Å². The molecule has 130 valence electrons. The average molecular weight is 355 g/mol. The number of nitriles is 3. The normalized spacial score (nSPS) is 19.5. The molecule has 1 aliphatic rings. The molecule has 0 amide bonds. The number of ether oxygens (including phenoxy) is 1. The molecule has 0 radical (unpaired) electrons. The molecule has 1 aliphatic carbocycles. The van der Waals surface area contributed by atoms with Crippen molar-refractivity contribution in [3.63, 3.8) is 0 Å². The summed E-state index contributed by atoms with van der Waals surface area (Å²) in [6, 6.07) is 5.84. The lowest BCUT2D eigenvalue weighted by Crippen LogP contribution is -2.32. The van der Waals surface area contributed by atoms with Crippen LogP contribution in [0.25, 0.3) is 0 Å². The molecule has 25 heavy (non-hydrogen) atoms. The van der Waals surface area contributed by atoms with Crippen molar-refractivity contribution in [3.05, 3.63) is 33.3 Å². The Morgan fingerprint density at radius 3 is 2.36 bits per heavy atom. The Kier molecular flexibility index (Phi) is 7.04. The van der Waals surface area contributed by atoms with Crippen LogP contribution >= 0.6 is 11.8 Å². The summed E-state index contributed by atoms with van der Waals surface area (Å²) in [4.78, 5) is 12.8. The van der Waals surface area contributed by atoms with Gasteiger partial charge in [-0.2, -0.15) is 15.8 Å². The maximum absolute atomic E-state index is 12.2. The van der Waals surface area contributed by atoms with Crippen LogP contribution < -0.4 is 0 Å². The Morgan fingerprint density at radius 1 is 1.32 bits per heavy atom. The van der Waals surface area contributed by atoms with E-state index in [2.05, 4.69) is 0 Å². The van der Waals surface area contributed by atoms with Crippen molar-refractivity contribution in [2.24, 2.45) is 11.3 Å². The van der Waals surface area contributed by atoms with Crippen LogP contribution in [0, 0.1) is 45.3 Å². The summed E-state index contributed by atoms with van der Waals surface area (Å²) in [6.07, 6.45) is 4.34. The first-order valence-corrected chi connectivity index (χ1v) is 9.06. The van der Waals surface area contributed by atoms with E-state index in [-0.39, 0.29) is 23.2 Å². The van der Waals surface area contributed by atoms with Gasteiger partial charge in [0.15, 0.2) is 0 Å². The third-order valence-electron chi connectivity index (χ3n) is 4.06. The highest BCUT2D eigenvalue weighted by Crippen LogP contribution is 2.50. The maximum Gasteiger partial charge on any atom is 0.349 e. The third kappa shape index (κ3) is 4.32. The Bertz CT molecular complexity index is 767. The van der Waals surface area contributed by atoms with Crippen LogP contribution in [-0.2, 0) is 9.53 Å². The molecule has 0 saturated heterocycles. The molecule has 5 nitrogen and oxygen atoms in total. The molecule has 0 unspecified atom stereocenters. The van der Waals surface area contributed by atoms with Gasteiger partial charge in [-0.1, -0.05) is 25.5 Å². The fourth-order valence-electron chi connectivity index (χ4n) is 3.28. The maximum atomic E-state index is 12.2. The summed E-state index contributed by atoms with van der Waals surface area (Å²) in [5, 5.41) is 28.2. The van der Waals surface area contributed by atoms with Crippen LogP contribution in [0.4, 0.5) is 0 Å². The fraction of sp³-hybridized carbons (Fsp3) is 0.474. The minimum Gasteiger partial charge on any atom is -0.462 e. The van der Waals surface area contributed by atoms with Crippen molar-refractivity contribution in [3.8, 4) is 18.2 Å². The van der Waals surface area contributed by atoms with E-state index < -0.39 is 11.9 Å². The van der Waals surface area contributed by atoms with Gasteiger partial charge in [0.05, 0.1) is 6.61 Å². The Labute approximate surface area is 153 Å². The second-order valence-electron chi connectivity index (χ2n) is 6.42. The lowest BCUT2D eigenvalue weighted by atomic mass is 9.65. The number of carbonyl (C=O) groups excluding carboxylic acids is 1. The van der Waals surface area contributed by atoms with Crippen LogP contribution in [0.2, 0.25) is 0 Å². The highest BCUT2D eigenvalue weighted by atomic mass is 32.2. The molecule has 1 atom stereocenters. The molecule has 0 aliphatic heterocycles. The number of hydrogen-bond acceptors (Lipinski definition) is 6. The van der Waals surface area contributed by atoms with E-state index in [4.69, 9.17) is 4.74 Å². The van der Waals surface area contributed by atoms with Crippen LogP contribution in [0.5, 0.6) is 0 Å². The van der Waals surface area contributed by atoms with Gasteiger partial charge in [0.2, 0.25) is 0 Å². The van der Waals surface area contributed by atoms with Crippen LogP contribution in [0.15, 0.2) is 33.3 Å². The van der Waals surface area contributed by atoms with Gasteiger partial charge in [0, 0.05) is 10.8 Å². The van der Waals surface area contributed by atoms with Gasteiger partial charge >= 0.3 is 5.97 Å². The second kappa shape index (κ2) is 8.56. The highest BCUT2D eigenvalue weighted by molar-refractivity contribution is 8.02. The van der Waals surface area contributed by atoms with Gasteiger partial charge in [-0.15, -0.1) is 11.8 Å². The molecule has 0 aromatic heterocycles. The standard InChI is InChI=1S/C19H21N3O2S/c1-6-24-18(23)15(11-22)17(25-5)16-14(13(9-20)10-21)7-12(2)8-19(16,3)4/h7,16H,6,8H2,1-5H3/b17-15-/t16-/m0/s1. The van der Waals surface area contributed by atoms with Crippen molar-refractivity contribution >= 4 is 17.7 Å². The van der Waals surface area contributed by atoms with Crippen LogP contribution in [-0.4, -0.2) is 18.8 Å². The molecule has 1 rings (SSSR count). The Balaban J connectivity index is 3.80. The van der Waals surface area contributed by atoms with Crippen molar-refractivity contribution < 1.29 is 9.53 Å². The van der Waals surface area contributed by atoms with Crippen molar-refractivity contribution in [1.82, 2.24) is 0 Å². The molecule has 0 saturated carbocycles. The Hall–Kier alpha value is -2.49. The Morgan fingerprint density at radius 2 is 1.92 bits per heavy atom. The number of thioether (sulfide) groups is 1. The zero-order valence-electron chi connectivity index (χ0n) is 15.1. The van der Waals surface area contributed by atoms with Gasteiger partial charge in [-0.3, -0.25) is 0 Å². The predicted molar refractivity (Wildman–Crippen MR) is 96.7 cm³/mol. The van der Waals surface area contributed by atoms with E-state index in [1.54, 1.807) is 13.2 Å². The lowest BCUT2D eigenvalue weighted by Gasteiger charge is -2.40. The fourth-order valence-corrected chi connectivity index (χ4v) is 4.29. The molecule has 0 spiro atoms. The minimum atomic E-state index is -0.675. The third-order valence-corrected chi connectivity index (χ3v) is 4.94. The van der Waals surface area contributed by atoms with E-state index in [0.717, 1.165) is 12.0 Å². The van der Waals surface area contributed by atoms with Gasteiger partial charge in [0.1, 0.15) is 29.4 Å². The second-order valence-corrected chi connectivity index (χ2v) is 7.27. The zero-order valence-corrected chi connectivity index (χ0v) is 16.0. The quantitative estimate of drug-likeness (QED) is 0.429. The van der Waals surface area contributed by atoms with Crippen molar-refractivity contribution in [2.45, 2.75) is 34.1 Å². The summed E-state index contributed by atoms with van der Waals surface area (Å²) < 4.78 is 5.01. The molecular weight excluding hydrogens is 334 g/mol. The van der Waals surface area contributed by atoms with E-state index in [1.807, 2.05) is 45.1 Å². The summed E-state index contributed by atoms with van der Waals surface area (Å²) in [5.74, 6) is -1.08. The number of hydrogen-bond donors (Lipinski definition) is 0. The molecule has 0 N–H and O–H groups in total. The van der Waals surface area contributed by atoms with Crippen LogP contribution in [0.3, 0.4) is 0 Å². The molecule has 0 aromatic rings. The van der Waals surface area contributed by atoms with Crippen molar-refractivity contribution in [2.75, 3.05) is 12.9 Å². The molecule has 0 bridgehead atoms. The van der Waals surface area contributed by atoms with Gasteiger partial charge in [-0.25, -0.2) is 4.79 Å². The number of nitrogens with zero attached hydrogens (tertiary/aromatic N) is 3. The van der Waals surface area contributed by atoms with E-state index >= 15 is 0 Å². The largest absolute Gasteiger partial charge is 0.462 e. The smallest absolute Gasteiger partial charge is 0.349 e. The lowest BCUT2D eigenvalue weighted by molar-refractivity contribution is -0.138. The number of carbonyl (C=O) groups is 1. The summed E-state index contributed by atoms with van der Waals surface area (Å²) in [6.45, 7) is 7.82. The minimum absolute atomic E-state index is 0.00447. The van der Waals surface area contributed by atoms with E-state index in [1.165, 1.54) is 11.8 Å². The molecule has 0 fully saturated rings. The molecule has 0 heterocycles. The summed E-state index contributed by atoms with van der Waals surface area (Å²) >= 11 is 1.28. The average Bonchev–Trinajstić information content (AvgIpc) is 2.53. The molecule has 0 aromatic carbocycles. The van der Waals surface area contributed by atoms with Crippen LogP contribution in [0.1, 0.15) is 34.1 Å². The predicted octanol–water partition coefficient (Wildman–Crippen LogP) is 4.03. The first kappa shape index (κ1) is 20.6. The number of allylic oxidation sites excluding steroid dienone is 5. The summed E-state index contributed by atoms with van der Waals surface area (Å²) in [5.41, 5.74) is 1.19. The zero-order chi connectivity index (χ0) is 19.2. The van der Waals surface area contributed by atoms with Gasteiger partial charge in [0.25, 0.3) is 0 Å². The SMILES string of the molecule is CCOC(=O)/C(C#N)=C(\SC)[C@@H]1C(=C(C#N)C#N)C=C(C)CC1(C)C. The first-order chi connectivity index (χ1) is 11.8. The topological polar surface area (TPSA) is 97.7 Å². The summed E-state index contributed by atoms with van der Waals surface area (Å²) in [7, 11) is 0.